The molecule has 1 heterocycles. The SMILES string of the molecule is CN(C(=O)c1ccc2ccccc2c1)C1CCNCC1. The van der Waals surface area contributed by atoms with E-state index in [0.29, 0.717) is 6.04 Å². The summed E-state index contributed by atoms with van der Waals surface area (Å²) in [5.41, 5.74) is 0.782. The summed E-state index contributed by atoms with van der Waals surface area (Å²) in [6.07, 6.45) is 2.08. The molecule has 20 heavy (non-hydrogen) atoms. The Hall–Kier alpha value is -1.87. The summed E-state index contributed by atoms with van der Waals surface area (Å²) in [6.45, 7) is 2.00. The predicted octanol–water partition coefficient (Wildman–Crippen LogP) is 2.66. The molecule has 0 saturated carbocycles. The number of piperidine rings is 1. The summed E-state index contributed by atoms with van der Waals surface area (Å²) in [5.74, 6) is 0.127. The first kappa shape index (κ1) is 13.1. The molecule has 1 fully saturated rings. The maximum absolute atomic E-state index is 12.6. The second-order valence-corrected chi connectivity index (χ2v) is 5.46. The molecular formula is C17H20N2O. The van der Waals surface area contributed by atoms with Crippen LogP contribution >= 0.6 is 0 Å². The lowest BCUT2D eigenvalue weighted by Gasteiger charge is -2.31. The van der Waals surface area contributed by atoms with Gasteiger partial charge in [0.2, 0.25) is 0 Å². The van der Waals surface area contributed by atoms with E-state index in [0.717, 1.165) is 36.9 Å². The molecule has 0 radical (unpaired) electrons. The van der Waals surface area contributed by atoms with Gasteiger partial charge in [0.1, 0.15) is 0 Å². The van der Waals surface area contributed by atoms with Crippen LogP contribution in [0.3, 0.4) is 0 Å². The van der Waals surface area contributed by atoms with Gasteiger partial charge in [-0.05, 0) is 48.8 Å². The molecule has 1 N–H and O–H groups in total. The Kier molecular flexibility index (Phi) is 3.70. The highest BCUT2D eigenvalue weighted by molar-refractivity contribution is 5.98. The van der Waals surface area contributed by atoms with Gasteiger partial charge in [-0.1, -0.05) is 30.3 Å². The Balaban J connectivity index is 1.83. The second-order valence-electron chi connectivity index (χ2n) is 5.46. The molecule has 0 atom stereocenters. The Morgan fingerprint density at radius 2 is 1.80 bits per heavy atom. The number of hydrogen-bond acceptors (Lipinski definition) is 2. The van der Waals surface area contributed by atoms with E-state index >= 15 is 0 Å². The number of hydrogen-bond donors (Lipinski definition) is 1. The number of fused-ring (bicyclic) bond motifs is 1. The first-order valence-electron chi connectivity index (χ1n) is 7.22. The lowest BCUT2D eigenvalue weighted by molar-refractivity contribution is 0.0703. The summed E-state index contributed by atoms with van der Waals surface area (Å²) in [5, 5.41) is 5.63. The number of rotatable bonds is 2. The van der Waals surface area contributed by atoms with Crippen LogP contribution < -0.4 is 5.32 Å². The van der Waals surface area contributed by atoms with Gasteiger partial charge in [-0.15, -0.1) is 0 Å². The molecule has 0 unspecified atom stereocenters. The van der Waals surface area contributed by atoms with E-state index in [1.54, 1.807) is 0 Å². The second kappa shape index (κ2) is 5.63. The van der Waals surface area contributed by atoms with Crippen molar-refractivity contribution in [3.8, 4) is 0 Å². The average molecular weight is 268 g/mol. The largest absolute Gasteiger partial charge is 0.339 e. The zero-order chi connectivity index (χ0) is 13.9. The molecule has 0 bridgehead atoms. The zero-order valence-electron chi connectivity index (χ0n) is 11.8. The van der Waals surface area contributed by atoms with Gasteiger partial charge >= 0.3 is 0 Å². The van der Waals surface area contributed by atoms with E-state index in [1.165, 1.54) is 5.39 Å². The third-order valence-electron chi connectivity index (χ3n) is 4.17. The average Bonchev–Trinajstić information content (AvgIpc) is 2.54. The standard InChI is InChI=1S/C17H20N2O/c1-19(16-8-10-18-11-9-16)17(20)15-7-6-13-4-2-3-5-14(13)12-15/h2-7,12,16,18H,8-11H2,1H3. The van der Waals surface area contributed by atoms with Crippen molar-refractivity contribution in [1.82, 2.24) is 10.2 Å². The van der Waals surface area contributed by atoms with Crippen molar-refractivity contribution in [1.29, 1.82) is 0 Å². The van der Waals surface area contributed by atoms with Crippen LogP contribution in [0.25, 0.3) is 10.8 Å². The topological polar surface area (TPSA) is 32.3 Å². The molecule has 0 aliphatic carbocycles. The van der Waals surface area contributed by atoms with Gasteiger partial charge in [-0.3, -0.25) is 4.79 Å². The number of carbonyl (C=O) groups excluding carboxylic acids is 1. The maximum Gasteiger partial charge on any atom is 0.253 e. The molecule has 0 aromatic heterocycles. The molecule has 3 heteroatoms. The van der Waals surface area contributed by atoms with Gasteiger partial charge in [0, 0.05) is 18.7 Å². The zero-order valence-corrected chi connectivity index (χ0v) is 11.8. The van der Waals surface area contributed by atoms with E-state index in [2.05, 4.69) is 17.4 Å². The van der Waals surface area contributed by atoms with Crippen LogP contribution in [-0.4, -0.2) is 37.0 Å². The summed E-state index contributed by atoms with van der Waals surface area (Å²) >= 11 is 0. The first-order chi connectivity index (χ1) is 9.75. The normalized spacial score (nSPS) is 16.2. The molecular weight excluding hydrogens is 248 g/mol. The van der Waals surface area contributed by atoms with Crippen LogP contribution in [0.15, 0.2) is 42.5 Å². The van der Waals surface area contributed by atoms with Crippen LogP contribution in [0.2, 0.25) is 0 Å². The fourth-order valence-corrected chi connectivity index (χ4v) is 2.89. The van der Waals surface area contributed by atoms with Crippen LogP contribution in [0, 0.1) is 0 Å². The van der Waals surface area contributed by atoms with E-state index < -0.39 is 0 Å². The Bertz CT molecular complexity index is 617. The van der Waals surface area contributed by atoms with Gasteiger partial charge in [-0.25, -0.2) is 0 Å². The molecule has 2 aromatic rings. The summed E-state index contributed by atoms with van der Waals surface area (Å²) in [6, 6.07) is 14.5. The Morgan fingerprint density at radius 3 is 2.55 bits per heavy atom. The van der Waals surface area contributed by atoms with Crippen LogP contribution in [0.5, 0.6) is 0 Å². The van der Waals surface area contributed by atoms with Crippen LogP contribution in [-0.2, 0) is 0 Å². The van der Waals surface area contributed by atoms with Gasteiger partial charge < -0.3 is 10.2 Å². The van der Waals surface area contributed by atoms with E-state index in [1.807, 2.05) is 42.3 Å². The summed E-state index contributed by atoms with van der Waals surface area (Å²) < 4.78 is 0. The summed E-state index contributed by atoms with van der Waals surface area (Å²) in [4.78, 5) is 14.5. The summed E-state index contributed by atoms with van der Waals surface area (Å²) in [7, 11) is 1.92. The Labute approximate surface area is 119 Å². The maximum atomic E-state index is 12.6. The quantitative estimate of drug-likeness (QED) is 0.908. The molecule has 1 aliphatic heterocycles. The van der Waals surface area contributed by atoms with Gasteiger partial charge in [0.15, 0.2) is 0 Å². The Morgan fingerprint density at radius 1 is 1.10 bits per heavy atom. The smallest absolute Gasteiger partial charge is 0.253 e. The van der Waals surface area contributed by atoms with Crippen molar-refractivity contribution < 1.29 is 4.79 Å². The fraction of sp³-hybridized carbons (Fsp3) is 0.353. The third-order valence-corrected chi connectivity index (χ3v) is 4.17. The third kappa shape index (κ3) is 2.54. The molecule has 1 saturated heterocycles. The van der Waals surface area contributed by atoms with Gasteiger partial charge in [0.25, 0.3) is 5.91 Å². The van der Waals surface area contributed by atoms with Crippen molar-refractivity contribution >= 4 is 16.7 Å². The minimum Gasteiger partial charge on any atom is -0.339 e. The monoisotopic (exact) mass is 268 g/mol. The molecule has 1 amide bonds. The molecule has 0 spiro atoms. The molecule has 104 valence electrons. The lowest BCUT2D eigenvalue weighted by Crippen LogP contribution is -2.43. The van der Waals surface area contributed by atoms with E-state index in [9.17, 15) is 4.79 Å². The van der Waals surface area contributed by atoms with Crippen molar-refractivity contribution in [3.05, 3.63) is 48.0 Å². The number of amides is 1. The van der Waals surface area contributed by atoms with Crippen molar-refractivity contribution in [2.45, 2.75) is 18.9 Å². The lowest BCUT2D eigenvalue weighted by atomic mass is 10.0. The predicted molar refractivity (Wildman–Crippen MR) is 81.9 cm³/mol. The molecule has 1 aliphatic rings. The van der Waals surface area contributed by atoms with Crippen molar-refractivity contribution in [3.63, 3.8) is 0 Å². The minimum absolute atomic E-state index is 0.127. The number of nitrogens with one attached hydrogen (secondary N) is 1. The fourth-order valence-electron chi connectivity index (χ4n) is 2.89. The molecule has 3 nitrogen and oxygen atoms in total. The first-order valence-corrected chi connectivity index (χ1v) is 7.22. The number of nitrogens with zero attached hydrogens (tertiary/aromatic N) is 1. The molecule has 3 rings (SSSR count). The van der Waals surface area contributed by atoms with Crippen molar-refractivity contribution in [2.24, 2.45) is 0 Å². The minimum atomic E-state index is 0.127. The van der Waals surface area contributed by atoms with Gasteiger partial charge in [-0.2, -0.15) is 0 Å². The van der Waals surface area contributed by atoms with Crippen molar-refractivity contribution in [2.75, 3.05) is 20.1 Å². The highest BCUT2D eigenvalue weighted by atomic mass is 16.2. The van der Waals surface area contributed by atoms with Gasteiger partial charge in [0.05, 0.1) is 0 Å². The van der Waals surface area contributed by atoms with E-state index in [4.69, 9.17) is 0 Å². The number of carbonyl (C=O) groups is 1. The van der Waals surface area contributed by atoms with E-state index in [-0.39, 0.29) is 5.91 Å². The highest BCUT2D eigenvalue weighted by Crippen LogP contribution is 2.19. The van der Waals surface area contributed by atoms with Crippen LogP contribution in [0.4, 0.5) is 0 Å². The number of benzene rings is 2. The molecule has 2 aromatic carbocycles. The van der Waals surface area contributed by atoms with Crippen LogP contribution in [0.1, 0.15) is 23.2 Å². The highest BCUT2D eigenvalue weighted by Gasteiger charge is 2.22.